The molecule has 0 spiro atoms. The van der Waals surface area contributed by atoms with Gasteiger partial charge in [-0.2, -0.15) is 0 Å². The Morgan fingerprint density at radius 3 is 2.44 bits per heavy atom. The molecule has 0 saturated heterocycles. The lowest BCUT2D eigenvalue weighted by molar-refractivity contribution is -0.146. The highest BCUT2D eigenvalue weighted by molar-refractivity contribution is 5.72. The van der Waals surface area contributed by atoms with Gasteiger partial charge < -0.3 is 9.47 Å². The Morgan fingerprint density at radius 2 is 1.89 bits per heavy atom. The zero-order chi connectivity index (χ0) is 14.0. The summed E-state index contributed by atoms with van der Waals surface area (Å²) in [5.41, 5.74) is 1.09. The molecule has 4 heteroatoms. The Morgan fingerprint density at radius 1 is 1.28 bits per heavy atom. The van der Waals surface area contributed by atoms with Crippen LogP contribution in [0.4, 0.5) is 0 Å². The Kier molecular flexibility index (Phi) is 8.38. The van der Waals surface area contributed by atoms with Gasteiger partial charge in [-0.15, -0.1) is 6.42 Å². The van der Waals surface area contributed by atoms with Gasteiger partial charge in [0.25, 0.3) is 0 Å². The average Bonchev–Trinajstić information content (AvgIpc) is 2.28. The molecule has 0 heterocycles. The fraction of sp³-hybridized carbons (Fsp3) is 0.571. The number of rotatable bonds is 7. The first-order chi connectivity index (χ1) is 8.45. The van der Waals surface area contributed by atoms with E-state index in [0.717, 1.165) is 5.57 Å². The van der Waals surface area contributed by atoms with E-state index < -0.39 is 12.1 Å². The van der Waals surface area contributed by atoms with Crippen molar-refractivity contribution in [1.82, 2.24) is 0 Å². The van der Waals surface area contributed by atoms with Crippen LogP contribution in [0, 0.1) is 12.3 Å². The van der Waals surface area contributed by atoms with Crippen LogP contribution < -0.4 is 0 Å². The molecule has 0 aromatic rings. The second-order valence-corrected chi connectivity index (χ2v) is 4.12. The topological polar surface area (TPSA) is 52.6 Å². The van der Waals surface area contributed by atoms with E-state index in [1.165, 1.54) is 0 Å². The van der Waals surface area contributed by atoms with Crippen molar-refractivity contribution in [2.24, 2.45) is 0 Å². The van der Waals surface area contributed by atoms with Gasteiger partial charge in [-0.3, -0.25) is 9.59 Å². The molecule has 100 valence electrons. The molecule has 0 rings (SSSR count). The Balaban J connectivity index is 3.66. The zero-order valence-corrected chi connectivity index (χ0v) is 11.2. The molecule has 0 fully saturated rings. The maximum Gasteiger partial charge on any atom is 0.307 e. The van der Waals surface area contributed by atoms with Gasteiger partial charge in [0.2, 0.25) is 0 Å². The number of hydrogen-bond donors (Lipinski definition) is 0. The van der Waals surface area contributed by atoms with Crippen LogP contribution in [0.15, 0.2) is 11.6 Å². The fourth-order valence-corrected chi connectivity index (χ4v) is 1.04. The molecule has 0 aliphatic heterocycles. The van der Waals surface area contributed by atoms with Gasteiger partial charge in [0.15, 0.2) is 6.10 Å². The van der Waals surface area contributed by atoms with Crippen molar-refractivity contribution in [1.29, 1.82) is 0 Å². The Bertz CT molecular complexity index is 345. The first kappa shape index (κ1) is 16.2. The summed E-state index contributed by atoms with van der Waals surface area (Å²) in [6.07, 6.45) is 7.15. The molecule has 0 aromatic carbocycles. The van der Waals surface area contributed by atoms with Crippen LogP contribution in [-0.2, 0) is 19.1 Å². The minimum atomic E-state index is -0.526. The van der Waals surface area contributed by atoms with Crippen LogP contribution in [-0.4, -0.2) is 24.6 Å². The SMILES string of the molecule is C#CC(C)OC(=O)CCCC(=O)OCC=C(C)C. The number of hydrogen-bond acceptors (Lipinski definition) is 4. The summed E-state index contributed by atoms with van der Waals surface area (Å²) in [5.74, 6) is 1.59. The summed E-state index contributed by atoms with van der Waals surface area (Å²) in [6, 6.07) is 0. The van der Waals surface area contributed by atoms with Gasteiger partial charge in [-0.25, -0.2) is 0 Å². The molecule has 0 radical (unpaired) electrons. The minimum Gasteiger partial charge on any atom is -0.461 e. The third-order valence-corrected chi connectivity index (χ3v) is 2.04. The molecule has 0 amide bonds. The summed E-state index contributed by atoms with van der Waals surface area (Å²) < 4.78 is 9.79. The van der Waals surface area contributed by atoms with E-state index >= 15 is 0 Å². The van der Waals surface area contributed by atoms with E-state index in [1.807, 2.05) is 19.9 Å². The summed E-state index contributed by atoms with van der Waals surface area (Å²) >= 11 is 0. The van der Waals surface area contributed by atoms with E-state index in [9.17, 15) is 9.59 Å². The molecule has 18 heavy (non-hydrogen) atoms. The highest BCUT2D eigenvalue weighted by Crippen LogP contribution is 2.02. The smallest absolute Gasteiger partial charge is 0.307 e. The van der Waals surface area contributed by atoms with E-state index in [1.54, 1.807) is 6.92 Å². The third-order valence-electron chi connectivity index (χ3n) is 2.04. The van der Waals surface area contributed by atoms with Crippen LogP contribution in [0.2, 0.25) is 0 Å². The standard InChI is InChI=1S/C14H20O4/c1-5-12(4)18-14(16)8-6-7-13(15)17-10-9-11(2)3/h1,9,12H,6-8,10H2,2-4H3. The van der Waals surface area contributed by atoms with Gasteiger partial charge in [0.05, 0.1) is 0 Å². The van der Waals surface area contributed by atoms with Crippen molar-refractivity contribution in [2.75, 3.05) is 6.61 Å². The van der Waals surface area contributed by atoms with Crippen molar-refractivity contribution >= 4 is 11.9 Å². The van der Waals surface area contributed by atoms with Crippen LogP contribution in [0.25, 0.3) is 0 Å². The fourth-order valence-electron chi connectivity index (χ4n) is 1.04. The summed E-state index contributed by atoms with van der Waals surface area (Å²) in [4.78, 5) is 22.5. The molecule has 4 nitrogen and oxygen atoms in total. The Labute approximate surface area is 108 Å². The van der Waals surface area contributed by atoms with Crippen molar-refractivity contribution in [3.63, 3.8) is 0 Å². The lowest BCUT2D eigenvalue weighted by Crippen LogP contribution is -2.13. The molecule has 1 unspecified atom stereocenters. The van der Waals surface area contributed by atoms with Gasteiger partial charge in [0, 0.05) is 12.8 Å². The summed E-state index contributed by atoms with van der Waals surface area (Å²) in [5, 5.41) is 0. The molecule has 0 aromatic heterocycles. The minimum absolute atomic E-state index is 0.170. The second-order valence-electron chi connectivity index (χ2n) is 4.12. The van der Waals surface area contributed by atoms with E-state index in [-0.39, 0.29) is 25.4 Å². The van der Waals surface area contributed by atoms with Crippen molar-refractivity contribution in [2.45, 2.75) is 46.1 Å². The molecule has 0 saturated carbocycles. The van der Waals surface area contributed by atoms with Crippen molar-refractivity contribution < 1.29 is 19.1 Å². The second kappa shape index (κ2) is 9.29. The maximum atomic E-state index is 11.2. The summed E-state index contributed by atoms with van der Waals surface area (Å²) in [7, 11) is 0. The van der Waals surface area contributed by atoms with Crippen LogP contribution in [0.5, 0.6) is 0 Å². The van der Waals surface area contributed by atoms with Crippen LogP contribution in [0.3, 0.4) is 0 Å². The summed E-state index contributed by atoms with van der Waals surface area (Å²) in [6.45, 7) is 5.75. The molecular weight excluding hydrogens is 232 g/mol. The number of allylic oxidation sites excluding steroid dienone is 1. The average molecular weight is 252 g/mol. The van der Waals surface area contributed by atoms with E-state index in [2.05, 4.69) is 5.92 Å². The van der Waals surface area contributed by atoms with E-state index in [4.69, 9.17) is 15.9 Å². The van der Waals surface area contributed by atoms with Gasteiger partial charge >= 0.3 is 11.9 Å². The normalized spacial score (nSPS) is 11.0. The zero-order valence-electron chi connectivity index (χ0n) is 11.2. The van der Waals surface area contributed by atoms with Crippen molar-refractivity contribution in [3.8, 4) is 12.3 Å². The number of ether oxygens (including phenoxy) is 2. The first-order valence-electron chi connectivity index (χ1n) is 5.90. The van der Waals surface area contributed by atoms with Gasteiger partial charge in [-0.05, 0) is 33.3 Å². The Hall–Kier alpha value is -1.76. The molecule has 0 aliphatic rings. The van der Waals surface area contributed by atoms with Gasteiger partial charge in [-0.1, -0.05) is 11.5 Å². The van der Waals surface area contributed by atoms with Gasteiger partial charge in [0.1, 0.15) is 6.61 Å². The maximum absolute atomic E-state index is 11.2. The number of esters is 2. The van der Waals surface area contributed by atoms with Crippen molar-refractivity contribution in [3.05, 3.63) is 11.6 Å². The molecular formula is C14H20O4. The first-order valence-corrected chi connectivity index (χ1v) is 5.90. The quantitative estimate of drug-likeness (QED) is 0.396. The number of terminal acetylenes is 1. The molecule has 0 N–H and O–H groups in total. The highest BCUT2D eigenvalue weighted by atomic mass is 16.5. The number of carbonyl (C=O) groups excluding carboxylic acids is 2. The van der Waals surface area contributed by atoms with Crippen LogP contribution >= 0.6 is 0 Å². The molecule has 0 aliphatic carbocycles. The van der Waals surface area contributed by atoms with Crippen LogP contribution in [0.1, 0.15) is 40.0 Å². The largest absolute Gasteiger partial charge is 0.461 e. The lowest BCUT2D eigenvalue weighted by atomic mass is 10.2. The molecule has 1 atom stereocenters. The number of carbonyl (C=O) groups is 2. The predicted octanol–water partition coefficient (Wildman–Crippen LogP) is 2.23. The predicted molar refractivity (Wildman–Crippen MR) is 68.6 cm³/mol. The monoisotopic (exact) mass is 252 g/mol. The third kappa shape index (κ3) is 9.46. The van der Waals surface area contributed by atoms with E-state index in [0.29, 0.717) is 6.42 Å². The highest BCUT2D eigenvalue weighted by Gasteiger charge is 2.08. The molecule has 0 bridgehead atoms. The lowest BCUT2D eigenvalue weighted by Gasteiger charge is -2.06.